The smallest absolute Gasteiger partial charge is 0.414 e. The standard InChI is InChI=1S/C24H24N2O4/c1-16(27)25-14-21-15-26(24(29)30-21)20-10-11-22-18(13-20)8-5-9-19(23(22)28)12-17-6-3-2-4-7-17/h2-4,6-7,10-13,21H,5,8-9,14-15H2,1H3,(H,25,27)/b19-12+/t21-/m0/s1. The largest absolute Gasteiger partial charge is 0.442 e. The Bertz CT molecular complexity index is 1010. The molecule has 0 saturated carbocycles. The maximum atomic E-state index is 13.1. The van der Waals surface area contributed by atoms with Crippen molar-refractivity contribution in [3.05, 3.63) is 70.8 Å². The number of benzene rings is 2. The van der Waals surface area contributed by atoms with Gasteiger partial charge in [-0.2, -0.15) is 0 Å². The summed E-state index contributed by atoms with van der Waals surface area (Å²) < 4.78 is 5.35. The van der Waals surface area contributed by atoms with Crippen LogP contribution in [0, 0.1) is 0 Å². The topological polar surface area (TPSA) is 75.7 Å². The number of fused-ring (bicyclic) bond motifs is 1. The van der Waals surface area contributed by atoms with Crippen LogP contribution in [-0.2, 0) is 16.0 Å². The first-order valence-electron chi connectivity index (χ1n) is 10.2. The van der Waals surface area contributed by atoms with Crippen LogP contribution in [0.2, 0.25) is 0 Å². The van der Waals surface area contributed by atoms with Crippen LogP contribution in [0.5, 0.6) is 0 Å². The lowest BCUT2D eigenvalue weighted by molar-refractivity contribution is -0.119. The van der Waals surface area contributed by atoms with E-state index in [-0.39, 0.29) is 24.3 Å². The molecule has 1 heterocycles. The molecule has 6 heteroatoms. The van der Waals surface area contributed by atoms with Gasteiger partial charge in [-0.05, 0) is 54.7 Å². The number of nitrogens with zero attached hydrogens (tertiary/aromatic N) is 1. The van der Waals surface area contributed by atoms with Gasteiger partial charge in [-0.15, -0.1) is 0 Å². The molecule has 0 spiro atoms. The van der Waals surface area contributed by atoms with Gasteiger partial charge in [-0.1, -0.05) is 30.3 Å². The Morgan fingerprint density at radius 1 is 1.17 bits per heavy atom. The van der Waals surface area contributed by atoms with Crippen molar-refractivity contribution >= 4 is 29.5 Å². The second-order valence-corrected chi connectivity index (χ2v) is 7.66. The van der Waals surface area contributed by atoms with Crippen molar-refractivity contribution < 1.29 is 19.1 Å². The number of rotatable bonds is 4. The van der Waals surface area contributed by atoms with Gasteiger partial charge in [0.15, 0.2) is 5.78 Å². The van der Waals surface area contributed by atoms with Crippen molar-refractivity contribution in [3.63, 3.8) is 0 Å². The first kappa shape index (κ1) is 19.9. The molecule has 2 amide bonds. The minimum atomic E-state index is -0.435. The van der Waals surface area contributed by atoms with Gasteiger partial charge < -0.3 is 10.1 Å². The van der Waals surface area contributed by atoms with E-state index in [1.54, 1.807) is 11.0 Å². The number of amides is 2. The van der Waals surface area contributed by atoms with Crippen molar-refractivity contribution in [1.29, 1.82) is 0 Å². The average Bonchev–Trinajstić information content (AvgIpc) is 3.04. The number of anilines is 1. The second-order valence-electron chi connectivity index (χ2n) is 7.66. The summed E-state index contributed by atoms with van der Waals surface area (Å²) in [7, 11) is 0. The van der Waals surface area contributed by atoms with E-state index >= 15 is 0 Å². The Morgan fingerprint density at radius 3 is 2.73 bits per heavy atom. The van der Waals surface area contributed by atoms with Crippen molar-refractivity contribution in [2.75, 3.05) is 18.0 Å². The first-order valence-corrected chi connectivity index (χ1v) is 10.2. The van der Waals surface area contributed by atoms with Gasteiger partial charge in [0.25, 0.3) is 0 Å². The summed E-state index contributed by atoms with van der Waals surface area (Å²) in [5.74, 6) is -0.113. The number of aryl methyl sites for hydroxylation is 1. The predicted molar refractivity (Wildman–Crippen MR) is 114 cm³/mol. The molecule has 1 N–H and O–H groups in total. The molecule has 0 unspecified atom stereocenters. The summed E-state index contributed by atoms with van der Waals surface area (Å²) in [6.07, 6.45) is 3.52. The molecule has 2 aromatic rings. The predicted octanol–water partition coefficient (Wildman–Crippen LogP) is 3.75. The maximum absolute atomic E-state index is 13.1. The highest BCUT2D eigenvalue weighted by Gasteiger charge is 2.33. The zero-order valence-corrected chi connectivity index (χ0v) is 16.9. The molecule has 1 fully saturated rings. The van der Waals surface area contributed by atoms with E-state index in [4.69, 9.17) is 4.74 Å². The second kappa shape index (κ2) is 8.53. The number of carbonyl (C=O) groups is 3. The lowest BCUT2D eigenvalue weighted by Crippen LogP contribution is -2.33. The number of Topliss-reactive ketones (excluding diaryl/α,β-unsaturated/α-hetero) is 1. The zero-order valence-electron chi connectivity index (χ0n) is 16.9. The van der Waals surface area contributed by atoms with Crippen molar-refractivity contribution in [2.24, 2.45) is 0 Å². The fourth-order valence-corrected chi connectivity index (χ4v) is 3.92. The Balaban J connectivity index is 1.55. The summed E-state index contributed by atoms with van der Waals surface area (Å²) in [6.45, 7) is 2.08. The van der Waals surface area contributed by atoms with Crippen molar-refractivity contribution in [2.45, 2.75) is 32.3 Å². The Labute approximate surface area is 175 Å². The van der Waals surface area contributed by atoms with Gasteiger partial charge in [0.05, 0.1) is 13.1 Å². The number of cyclic esters (lactones) is 1. The molecular formula is C24H24N2O4. The molecule has 4 rings (SSSR count). The number of hydrogen-bond acceptors (Lipinski definition) is 4. The van der Waals surface area contributed by atoms with Gasteiger partial charge in [-0.25, -0.2) is 4.79 Å². The van der Waals surface area contributed by atoms with Crippen LogP contribution in [0.1, 0.15) is 41.3 Å². The molecule has 1 saturated heterocycles. The Kier molecular flexibility index (Phi) is 5.65. The number of hydrogen-bond donors (Lipinski definition) is 1. The normalized spacial score (nSPS) is 20.0. The minimum Gasteiger partial charge on any atom is -0.442 e. The van der Waals surface area contributed by atoms with Crippen LogP contribution in [0.3, 0.4) is 0 Å². The quantitative estimate of drug-likeness (QED) is 0.622. The Morgan fingerprint density at radius 2 is 1.97 bits per heavy atom. The van der Waals surface area contributed by atoms with Gasteiger partial charge in [-0.3, -0.25) is 14.5 Å². The number of ketones is 1. The van der Waals surface area contributed by atoms with Crippen LogP contribution in [0.25, 0.3) is 6.08 Å². The first-order chi connectivity index (χ1) is 14.5. The SMILES string of the molecule is CC(=O)NC[C@H]1CN(c2ccc3c(c2)CCC/C(=C\c2ccccc2)C3=O)C(=O)O1. The average molecular weight is 404 g/mol. The molecule has 2 aliphatic rings. The number of carbonyl (C=O) groups excluding carboxylic acids is 3. The van der Waals surface area contributed by atoms with E-state index in [1.165, 1.54) is 6.92 Å². The minimum absolute atomic E-state index is 0.0467. The molecule has 1 aliphatic carbocycles. The zero-order chi connectivity index (χ0) is 21.1. The monoisotopic (exact) mass is 404 g/mol. The number of nitrogens with one attached hydrogen (secondary N) is 1. The highest BCUT2D eigenvalue weighted by molar-refractivity contribution is 6.12. The summed E-state index contributed by atoms with van der Waals surface area (Å²) in [6, 6.07) is 15.4. The third-order valence-corrected chi connectivity index (χ3v) is 5.42. The molecule has 30 heavy (non-hydrogen) atoms. The van der Waals surface area contributed by atoms with Crippen LogP contribution in [0.4, 0.5) is 10.5 Å². The van der Waals surface area contributed by atoms with E-state index < -0.39 is 6.09 Å². The molecule has 0 aromatic heterocycles. The third-order valence-electron chi connectivity index (χ3n) is 5.42. The highest BCUT2D eigenvalue weighted by Crippen LogP contribution is 2.30. The van der Waals surface area contributed by atoms with Gasteiger partial charge in [0.2, 0.25) is 5.91 Å². The van der Waals surface area contributed by atoms with E-state index in [2.05, 4.69) is 5.32 Å². The van der Waals surface area contributed by atoms with Gasteiger partial charge >= 0.3 is 6.09 Å². The maximum Gasteiger partial charge on any atom is 0.414 e. The molecule has 1 aliphatic heterocycles. The molecular weight excluding hydrogens is 380 g/mol. The van der Waals surface area contributed by atoms with Crippen molar-refractivity contribution in [1.82, 2.24) is 5.32 Å². The molecule has 2 aromatic carbocycles. The molecule has 0 bridgehead atoms. The van der Waals surface area contributed by atoms with E-state index in [9.17, 15) is 14.4 Å². The summed E-state index contributed by atoms with van der Waals surface area (Å²) in [4.78, 5) is 38.1. The van der Waals surface area contributed by atoms with Crippen LogP contribution < -0.4 is 10.2 Å². The summed E-state index contributed by atoms with van der Waals surface area (Å²) >= 11 is 0. The molecule has 6 nitrogen and oxygen atoms in total. The summed E-state index contributed by atoms with van der Waals surface area (Å²) in [5.41, 5.74) is 4.19. The summed E-state index contributed by atoms with van der Waals surface area (Å²) in [5, 5.41) is 2.68. The van der Waals surface area contributed by atoms with Gasteiger partial charge in [0, 0.05) is 23.7 Å². The fraction of sp³-hybridized carbons (Fsp3) is 0.292. The molecule has 154 valence electrons. The number of ether oxygens (including phenoxy) is 1. The van der Waals surface area contributed by atoms with Crippen LogP contribution in [0.15, 0.2) is 54.1 Å². The van der Waals surface area contributed by atoms with E-state index in [0.717, 1.165) is 36.0 Å². The number of allylic oxidation sites excluding steroid dienone is 1. The van der Waals surface area contributed by atoms with E-state index in [0.29, 0.717) is 17.8 Å². The van der Waals surface area contributed by atoms with E-state index in [1.807, 2.05) is 48.5 Å². The lowest BCUT2D eigenvalue weighted by Gasteiger charge is -2.15. The Hall–Kier alpha value is -3.41. The fourth-order valence-electron chi connectivity index (χ4n) is 3.92. The van der Waals surface area contributed by atoms with Crippen LogP contribution >= 0.6 is 0 Å². The lowest BCUT2D eigenvalue weighted by atomic mass is 9.98. The molecule has 1 atom stereocenters. The van der Waals surface area contributed by atoms with Crippen LogP contribution in [-0.4, -0.2) is 37.0 Å². The van der Waals surface area contributed by atoms with Gasteiger partial charge in [0.1, 0.15) is 6.10 Å². The highest BCUT2D eigenvalue weighted by atomic mass is 16.6. The third kappa shape index (κ3) is 4.27. The molecule has 0 radical (unpaired) electrons. The van der Waals surface area contributed by atoms with Crippen molar-refractivity contribution in [3.8, 4) is 0 Å².